The van der Waals surface area contributed by atoms with Crippen molar-refractivity contribution < 1.29 is 14.6 Å². The largest absolute Gasteiger partial charge is 0.543 e. The molecule has 0 bridgehead atoms. The molecule has 0 atom stereocenters. The van der Waals surface area contributed by atoms with Gasteiger partial charge in [0.15, 0.2) is 5.71 Å². The minimum Gasteiger partial charge on any atom is -0.543 e. The fourth-order valence-corrected chi connectivity index (χ4v) is 0.638. The number of hydrogen-bond acceptors (Lipinski definition) is 3. The highest BCUT2D eigenvalue weighted by atomic mass is 16.4. The Morgan fingerprint density at radius 1 is 1.82 bits per heavy atom. The van der Waals surface area contributed by atoms with Crippen molar-refractivity contribution in [3.05, 3.63) is 24.9 Å². The molecule has 1 heterocycles. The van der Waals surface area contributed by atoms with Crippen LogP contribution in [-0.4, -0.2) is 22.6 Å². The number of carboxylic acid groups (broad SMARTS) is 1. The molecule has 0 aromatic heterocycles. The standard InChI is InChI=1S/C7H6N2O2/c1-2-4-9-5-3-6(8-9)7(10)11/h2-5H,1H2/b9-4+. The minimum absolute atomic E-state index is 0.0805. The highest BCUT2D eigenvalue weighted by molar-refractivity contribution is 6.39. The second-order valence-electron chi connectivity index (χ2n) is 1.85. The van der Waals surface area contributed by atoms with Gasteiger partial charge in [-0.25, -0.2) is 0 Å². The maximum absolute atomic E-state index is 10.2. The number of aliphatic carboxylic acids is 1. The van der Waals surface area contributed by atoms with Gasteiger partial charge in [0.1, 0.15) is 0 Å². The van der Waals surface area contributed by atoms with E-state index in [1.807, 2.05) is 0 Å². The molecular formula is C7H6N2O2. The summed E-state index contributed by atoms with van der Waals surface area (Å²) in [7, 11) is 0. The molecule has 0 aromatic carbocycles. The van der Waals surface area contributed by atoms with Crippen LogP contribution in [0.2, 0.25) is 0 Å². The smallest absolute Gasteiger partial charge is 0.204 e. The lowest BCUT2D eigenvalue weighted by molar-refractivity contribution is -0.452. The van der Waals surface area contributed by atoms with Crippen LogP contribution < -0.4 is 5.11 Å². The van der Waals surface area contributed by atoms with Gasteiger partial charge in [-0.3, -0.25) is 0 Å². The number of hydrogen-bond donors (Lipinski definition) is 0. The molecule has 0 aromatic rings. The summed E-state index contributed by atoms with van der Waals surface area (Å²) in [6.45, 7) is 3.43. The van der Waals surface area contributed by atoms with Crippen molar-refractivity contribution in [2.45, 2.75) is 0 Å². The minimum atomic E-state index is -1.28. The van der Waals surface area contributed by atoms with Crippen molar-refractivity contribution in [2.24, 2.45) is 5.10 Å². The second kappa shape index (κ2) is 2.92. The number of allylic oxidation sites excluding steroid dienone is 1. The van der Waals surface area contributed by atoms with E-state index in [1.54, 1.807) is 0 Å². The predicted molar refractivity (Wildman–Crippen MR) is 38.1 cm³/mol. The molecule has 0 unspecified atom stereocenters. The van der Waals surface area contributed by atoms with Crippen LogP contribution in [-0.2, 0) is 4.79 Å². The third-order valence-electron chi connectivity index (χ3n) is 1.08. The molecule has 1 rings (SSSR count). The van der Waals surface area contributed by atoms with Crippen molar-refractivity contribution in [1.82, 2.24) is 0 Å². The lowest BCUT2D eigenvalue weighted by atomic mass is 10.4. The van der Waals surface area contributed by atoms with E-state index < -0.39 is 5.97 Å². The van der Waals surface area contributed by atoms with Crippen molar-refractivity contribution >= 4 is 17.9 Å². The number of hydrazone groups is 1. The van der Waals surface area contributed by atoms with Crippen LogP contribution in [0.1, 0.15) is 0 Å². The van der Waals surface area contributed by atoms with Crippen LogP contribution in [0.3, 0.4) is 0 Å². The Morgan fingerprint density at radius 3 is 3.00 bits per heavy atom. The second-order valence-corrected chi connectivity index (χ2v) is 1.85. The molecule has 0 amide bonds. The number of carbonyl (C=O) groups is 1. The lowest BCUT2D eigenvalue weighted by Gasteiger charge is -1.89. The average Bonchev–Trinajstić information content (AvgIpc) is 2.37. The SMILES string of the molecule is C=C/C=[N+]1\C=CC(C(=O)[O-])=N1. The van der Waals surface area contributed by atoms with Crippen molar-refractivity contribution in [1.29, 1.82) is 0 Å². The predicted octanol–water partition coefficient (Wildman–Crippen LogP) is -1.11. The molecule has 0 fully saturated rings. The maximum atomic E-state index is 10.2. The van der Waals surface area contributed by atoms with Gasteiger partial charge in [0.25, 0.3) is 0 Å². The van der Waals surface area contributed by atoms with E-state index in [0.29, 0.717) is 0 Å². The van der Waals surface area contributed by atoms with Gasteiger partial charge in [0, 0.05) is 11.2 Å². The quantitative estimate of drug-likeness (QED) is 0.468. The van der Waals surface area contributed by atoms with Crippen LogP contribution in [0, 0.1) is 0 Å². The first-order chi connectivity index (χ1) is 5.24. The lowest BCUT2D eigenvalue weighted by Crippen LogP contribution is -2.29. The van der Waals surface area contributed by atoms with Gasteiger partial charge < -0.3 is 9.90 Å². The van der Waals surface area contributed by atoms with Gasteiger partial charge in [-0.15, -0.1) is 0 Å². The topological polar surface area (TPSA) is 55.5 Å². The van der Waals surface area contributed by atoms with E-state index in [1.165, 1.54) is 29.3 Å². The van der Waals surface area contributed by atoms with Crippen molar-refractivity contribution in [3.8, 4) is 0 Å². The van der Waals surface area contributed by atoms with E-state index >= 15 is 0 Å². The maximum Gasteiger partial charge on any atom is 0.204 e. The molecule has 1 aliphatic rings. The number of nitrogens with zero attached hydrogens (tertiary/aromatic N) is 2. The summed E-state index contributed by atoms with van der Waals surface area (Å²) in [4.78, 5) is 10.2. The van der Waals surface area contributed by atoms with Crippen LogP contribution in [0.5, 0.6) is 0 Å². The average molecular weight is 150 g/mol. The van der Waals surface area contributed by atoms with E-state index in [-0.39, 0.29) is 5.71 Å². The Bertz CT molecular complexity index is 287. The third kappa shape index (κ3) is 1.61. The first kappa shape index (κ1) is 7.40. The summed E-state index contributed by atoms with van der Waals surface area (Å²) in [5.74, 6) is -1.28. The molecule has 4 nitrogen and oxygen atoms in total. The summed E-state index contributed by atoms with van der Waals surface area (Å²) < 4.78 is 1.35. The van der Waals surface area contributed by atoms with Crippen LogP contribution in [0.15, 0.2) is 30.0 Å². The Labute approximate surface area is 63.5 Å². The Hall–Kier alpha value is -1.71. The van der Waals surface area contributed by atoms with E-state index in [9.17, 15) is 9.90 Å². The molecule has 1 aliphatic heterocycles. The van der Waals surface area contributed by atoms with Crippen LogP contribution in [0.4, 0.5) is 0 Å². The summed E-state index contributed by atoms with van der Waals surface area (Å²) in [6.07, 6.45) is 5.90. The molecule has 4 heteroatoms. The summed E-state index contributed by atoms with van der Waals surface area (Å²) in [5.41, 5.74) is -0.0805. The van der Waals surface area contributed by atoms with E-state index in [4.69, 9.17) is 0 Å². The normalized spacial score (nSPS) is 18.5. The number of rotatable bonds is 2. The fourth-order valence-electron chi connectivity index (χ4n) is 0.638. The Kier molecular flexibility index (Phi) is 1.96. The molecule has 0 saturated carbocycles. The fraction of sp³-hybridized carbons (Fsp3) is 0. The van der Waals surface area contributed by atoms with Crippen molar-refractivity contribution in [2.75, 3.05) is 0 Å². The molecule has 0 aliphatic carbocycles. The highest BCUT2D eigenvalue weighted by Crippen LogP contribution is 1.93. The molecule has 0 N–H and O–H groups in total. The van der Waals surface area contributed by atoms with Crippen LogP contribution >= 0.6 is 0 Å². The first-order valence-corrected chi connectivity index (χ1v) is 2.96. The first-order valence-electron chi connectivity index (χ1n) is 2.96. The zero-order valence-corrected chi connectivity index (χ0v) is 5.73. The molecule has 56 valence electrons. The summed E-state index contributed by atoms with van der Waals surface area (Å²) in [5, 5.41) is 13.8. The van der Waals surface area contributed by atoms with Crippen molar-refractivity contribution in [3.63, 3.8) is 0 Å². The van der Waals surface area contributed by atoms with E-state index in [0.717, 1.165) is 0 Å². The molecule has 0 saturated heterocycles. The van der Waals surface area contributed by atoms with Gasteiger partial charge >= 0.3 is 0 Å². The third-order valence-corrected chi connectivity index (χ3v) is 1.08. The van der Waals surface area contributed by atoms with Crippen LogP contribution in [0.25, 0.3) is 0 Å². The van der Waals surface area contributed by atoms with Gasteiger partial charge in [0.2, 0.25) is 12.4 Å². The molecule has 11 heavy (non-hydrogen) atoms. The van der Waals surface area contributed by atoms with E-state index in [2.05, 4.69) is 11.7 Å². The number of carboxylic acids is 1. The Morgan fingerprint density at radius 2 is 2.55 bits per heavy atom. The summed E-state index contributed by atoms with van der Waals surface area (Å²) >= 11 is 0. The van der Waals surface area contributed by atoms with Gasteiger partial charge in [-0.05, 0) is 6.08 Å². The zero-order chi connectivity index (χ0) is 8.27. The van der Waals surface area contributed by atoms with Gasteiger partial charge in [-0.2, -0.15) is 0 Å². The molecule has 0 spiro atoms. The zero-order valence-electron chi connectivity index (χ0n) is 5.73. The van der Waals surface area contributed by atoms with Gasteiger partial charge in [0.05, 0.1) is 5.97 Å². The van der Waals surface area contributed by atoms with Gasteiger partial charge in [-0.1, -0.05) is 11.3 Å². The highest BCUT2D eigenvalue weighted by Gasteiger charge is 2.10. The monoisotopic (exact) mass is 150 g/mol. The Balaban J connectivity index is 2.86. The number of carbonyl (C=O) groups excluding carboxylic acids is 1. The molecular weight excluding hydrogens is 144 g/mol. The summed E-state index contributed by atoms with van der Waals surface area (Å²) in [6, 6.07) is 0. The molecule has 0 radical (unpaired) electrons.